The number of amides is 2. The molecule has 3 fully saturated rings. The van der Waals surface area contributed by atoms with Crippen molar-refractivity contribution in [2.75, 3.05) is 27.9 Å². The number of anilines is 3. The van der Waals surface area contributed by atoms with Crippen LogP contribution in [0, 0.1) is 37.3 Å². The number of carbonyl (C=O) groups is 2. The van der Waals surface area contributed by atoms with E-state index in [-0.39, 0.29) is 33.9 Å². The first-order valence-corrected chi connectivity index (χ1v) is 19.9. The third-order valence-electron chi connectivity index (χ3n) is 10.7. The normalized spacial score (nSPS) is 21.7. The van der Waals surface area contributed by atoms with Crippen molar-refractivity contribution in [2.24, 2.45) is 5.41 Å². The Kier molecular flexibility index (Phi) is 10.7. The van der Waals surface area contributed by atoms with Crippen molar-refractivity contribution in [3.05, 3.63) is 97.6 Å². The molecule has 3 heterocycles. The Morgan fingerprint density at radius 2 is 1.54 bits per heavy atom. The van der Waals surface area contributed by atoms with Crippen molar-refractivity contribution < 1.29 is 33.0 Å². The maximum Gasteiger partial charge on any atom is 0.410 e. The van der Waals surface area contributed by atoms with Gasteiger partial charge in [-0.3, -0.25) is 29.9 Å². The molecule has 0 saturated carbocycles. The number of hydrogen-bond acceptors (Lipinski definition) is 9. The Labute approximate surface area is 314 Å². The molecule has 0 aliphatic carbocycles. The van der Waals surface area contributed by atoms with Crippen LogP contribution in [0.25, 0.3) is 0 Å². The molecule has 1 N–H and O–H groups in total. The summed E-state index contributed by atoms with van der Waals surface area (Å²) in [7, 11) is -0.946. The van der Waals surface area contributed by atoms with Crippen molar-refractivity contribution in [3.63, 3.8) is 0 Å². The Balaban J connectivity index is 1.33. The van der Waals surface area contributed by atoms with Gasteiger partial charge in [-0.1, -0.05) is 32.0 Å². The zero-order valence-electron chi connectivity index (χ0n) is 31.1. The minimum atomic E-state index is -0.946. The topological polar surface area (TPSA) is 151 Å². The lowest BCUT2D eigenvalue weighted by Gasteiger charge is -2.39. The van der Waals surface area contributed by atoms with Crippen molar-refractivity contribution in [1.82, 2.24) is 4.90 Å². The van der Waals surface area contributed by atoms with Crippen LogP contribution in [0.3, 0.4) is 0 Å². The first-order chi connectivity index (χ1) is 25.4. The number of benzene rings is 3. The Bertz CT molecular complexity index is 1920. The van der Waals surface area contributed by atoms with Gasteiger partial charge in [0.1, 0.15) is 32.7 Å². The van der Waals surface area contributed by atoms with Crippen LogP contribution in [0.4, 0.5) is 42.0 Å². The monoisotopic (exact) mass is 764 g/mol. The van der Waals surface area contributed by atoms with Gasteiger partial charge in [-0.25, -0.2) is 13.6 Å². The molecule has 3 saturated heterocycles. The molecule has 3 atom stereocenters. The van der Waals surface area contributed by atoms with E-state index in [4.69, 9.17) is 4.74 Å². The highest BCUT2D eigenvalue weighted by molar-refractivity contribution is 6.42. The van der Waals surface area contributed by atoms with Gasteiger partial charge in [-0.15, -0.1) is 0 Å². The predicted octanol–water partition coefficient (Wildman–Crippen LogP) is 7.94. The summed E-state index contributed by atoms with van der Waals surface area (Å²) in [5.74, 6) is -1.97. The Morgan fingerprint density at radius 1 is 0.907 bits per heavy atom. The van der Waals surface area contributed by atoms with E-state index in [0.717, 1.165) is 12.5 Å². The molecule has 6 rings (SSSR count). The van der Waals surface area contributed by atoms with Crippen LogP contribution in [0.1, 0.15) is 89.9 Å². The van der Waals surface area contributed by atoms with Crippen LogP contribution < -0.4 is 14.8 Å². The maximum atomic E-state index is 16.1. The van der Waals surface area contributed by atoms with Crippen molar-refractivity contribution in [3.8, 4) is 0 Å². The molecule has 3 aliphatic rings. The highest BCUT2D eigenvalue weighted by Gasteiger charge is 2.40. The first kappa shape index (κ1) is 38.6. The molecule has 0 unspecified atom stereocenters. The summed E-state index contributed by atoms with van der Waals surface area (Å²) in [5, 5.41) is 26.5. The van der Waals surface area contributed by atoms with Crippen LogP contribution >= 0.6 is 0 Å². The molecule has 3 aliphatic heterocycles. The van der Waals surface area contributed by atoms with Crippen molar-refractivity contribution in [1.29, 1.82) is 0 Å². The minimum Gasteiger partial charge on any atom is -0.444 e. The van der Waals surface area contributed by atoms with E-state index in [2.05, 4.69) is 19.2 Å². The van der Waals surface area contributed by atoms with E-state index in [1.165, 1.54) is 41.3 Å². The van der Waals surface area contributed by atoms with Gasteiger partial charge in [0.15, 0.2) is 11.6 Å². The van der Waals surface area contributed by atoms with Gasteiger partial charge in [-0.2, -0.15) is 0 Å². The summed E-state index contributed by atoms with van der Waals surface area (Å²) in [4.78, 5) is 52.1. The Morgan fingerprint density at radius 3 is 2.11 bits per heavy atom. The molecule has 0 radical (unpaired) electrons. The number of likely N-dealkylation sites (tertiary alicyclic amines) is 1. The van der Waals surface area contributed by atoms with Crippen LogP contribution in [0.15, 0.2) is 54.6 Å². The molecule has 0 aromatic heterocycles. The van der Waals surface area contributed by atoms with Crippen molar-refractivity contribution >= 4 is 50.1 Å². The fraction of sp³-hybridized carbons (Fsp3) is 0.474. The number of nitrogens with one attached hydrogen (secondary N) is 1. The summed E-state index contributed by atoms with van der Waals surface area (Å²) in [6, 6.07) is 12.0. The number of hydrogen-bond donors (Lipinski definition) is 1. The molecule has 54 heavy (non-hydrogen) atoms. The quantitative estimate of drug-likeness (QED) is 0.137. The summed E-state index contributed by atoms with van der Waals surface area (Å²) in [6.45, 7) is 10.4. The number of non-ortho nitro benzene ring substituents is 1. The molecule has 288 valence electrons. The van der Waals surface area contributed by atoms with Crippen LogP contribution in [0.5, 0.6) is 0 Å². The number of rotatable bonds is 8. The Hall–Kier alpha value is -5.12. The maximum absolute atomic E-state index is 16.1. The van der Waals surface area contributed by atoms with E-state index >= 15 is 8.78 Å². The fourth-order valence-electron chi connectivity index (χ4n) is 7.79. The van der Waals surface area contributed by atoms with Gasteiger partial charge in [0, 0.05) is 37.0 Å². The average molecular weight is 765 g/mol. The zero-order chi connectivity index (χ0) is 39.1. The largest absolute Gasteiger partial charge is 0.444 e. The second kappa shape index (κ2) is 15.0. The second-order valence-electron chi connectivity index (χ2n) is 16.1. The van der Waals surface area contributed by atoms with Gasteiger partial charge in [0.2, 0.25) is 5.91 Å². The lowest BCUT2D eigenvalue weighted by molar-refractivity contribution is -0.384. The van der Waals surface area contributed by atoms with E-state index in [1.54, 1.807) is 39.0 Å². The van der Waals surface area contributed by atoms with E-state index in [1.807, 2.05) is 9.47 Å². The lowest BCUT2D eigenvalue weighted by Crippen LogP contribution is -2.45. The summed E-state index contributed by atoms with van der Waals surface area (Å²) < 4.78 is 39.4. The minimum absolute atomic E-state index is 0.0354. The van der Waals surface area contributed by atoms with Crippen LogP contribution in [-0.2, 0) is 9.53 Å². The SMILES string of the molecule is CC1(C)CCN(c2c(F)cc(N3[C@H](c4ccc([N+](=O)[O-])cc4)CC[C@H]3c3ccc(NC(=O)[C@@H]4CCCN4C(=O)OC(C)(C)C)c([N+](=O)[O-])c3)cc2F)[SiH2]C1. The summed E-state index contributed by atoms with van der Waals surface area (Å²) in [6.07, 6.45) is 2.02. The molecular weight excluding hydrogens is 719 g/mol. The van der Waals surface area contributed by atoms with Gasteiger partial charge >= 0.3 is 6.09 Å². The van der Waals surface area contributed by atoms with Gasteiger partial charge in [0.25, 0.3) is 11.4 Å². The highest BCUT2D eigenvalue weighted by Crippen LogP contribution is 2.49. The predicted molar refractivity (Wildman–Crippen MR) is 203 cm³/mol. The summed E-state index contributed by atoms with van der Waals surface area (Å²) >= 11 is 0. The molecule has 3 aromatic carbocycles. The number of nitro groups is 2. The fourth-order valence-corrected chi connectivity index (χ4v) is 9.82. The van der Waals surface area contributed by atoms with E-state index < -0.39 is 66.9 Å². The van der Waals surface area contributed by atoms with Crippen molar-refractivity contribution in [2.45, 2.75) is 96.5 Å². The second-order valence-corrected chi connectivity index (χ2v) is 17.8. The lowest BCUT2D eigenvalue weighted by atomic mass is 9.91. The zero-order valence-corrected chi connectivity index (χ0v) is 32.6. The number of ether oxygens (including phenoxy) is 1. The molecular formula is C38H46F2N6O7Si. The van der Waals surface area contributed by atoms with Gasteiger partial charge in [-0.05, 0) is 93.7 Å². The molecule has 13 nitrogen and oxygen atoms in total. The number of nitrogens with zero attached hydrogens (tertiary/aromatic N) is 5. The van der Waals surface area contributed by atoms with E-state index in [0.29, 0.717) is 49.9 Å². The number of halogens is 2. The van der Waals surface area contributed by atoms with E-state index in [9.17, 15) is 29.8 Å². The molecule has 3 aromatic rings. The first-order valence-electron chi connectivity index (χ1n) is 18.3. The standard InChI is InChI=1S/C38H46F2N6O7Si/c1-37(2,3)53-36(48)42-17-6-7-32(42)35(47)41-29-13-10-24(19-33(29)46(51)52)31-15-14-30(23-8-11-25(12-9-23)45(49)50)44(31)26-20-27(39)34(28(40)21-26)43-18-16-38(4,5)22-54-43/h8-13,19-21,30-32H,6-7,14-18,22,54H2,1-5H3,(H,41,47)/t30-,31-,32-/m0/s1. The number of nitro benzene ring substituents is 2. The van der Waals surface area contributed by atoms with Crippen LogP contribution in [-0.4, -0.2) is 61.2 Å². The molecule has 0 bridgehead atoms. The number of carbonyl (C=O) groups excluding carboxylic acids is 2. The third kappa shape index (κ3) is 8.17. The van der Waals surface area contributed by atoms with Gasteiger partial charge in [0.05, 0.1) is 21.9 Å². The van der Waals surface area contributed by atoms with Gasteiger partial charge < -0.3 is 19.5 Å². The summed E-state index contributed by atoms with van der Waals surface area (Å²) in [5.41, 5.74) is 0.188. The molecule has 0 spiro atoms. The molecule has 2 amide bonds. The highest BCUT2D eigenvalue weighted by atomic mass is 28.2. The average Bonchev–Trinajstić information content (AvgIpc) is 3.77. The third-order valence-corrected chi connectivity index (χ3v) is 13.4. The van der Waals surface area contributed by atoms with Crippen LogP contribution in [0.2, 0.25) is 6.04 Å². The molecule has 16 heteroatoms. The smallest absolute Gasteiger partial charge is 0.410 e.